The SMILES string of the molecule is O=P(O)(O)OC(O)[C@H]1O[C@H](OC2(CO)O[C@H](CO)[C@@H](O)[C@@H]2O)[C@H](O)[C@@H](O)[C@@H]1O.OC[C@H]1OC(CO)(O[C@H]2O[C@H](CO)[C@@H](O)[C@H](O)[C@H]2O)[C@@H](O)[C@@H]1O. The Morgan fingerprint density at radius 1 is 0.549 bits per heavy atom. The highest BCUT2D eigenvalue weighted by Crippen LogP contribution is 2.41. The van der Waals surface area contributed by atoms with Crippen LogP contribution in [0, 0.1) is 0 Å². The van der Waals surface area contributed by atoms with Crippen molar-refractivity contribution in [3.05, 3.63) is 0 Å². The molecule has 0 bridgehead atoms. The van der Waals surface area contributed by atoms with E-state index in [1.165, 1.54) is 0 Å². The van der Waals surface area contributed by atoms with E-state index in [0.29, 0.717) is 0 Å². The summed E-state index contributed by atoms with van der Waals surface area (Å²) in [5, 5.41) is 155. The summed E-state index contributed by atoms with van der Waals surface area (Å²) < 4.78 is 45.5. The second-order valence-corrected chi connectivity index (χ2v) is 13.0. The van der Waals surface area contributed by atoms with E-state index in [1.54, 1.807) is 0 Å². The van der Waals surface area contributed by atoms with E-state index in [0.717, 1.165) is 0 Å². The third-order valence-electron chi connectivity index (χ3n) is 8.43. The third kappa shape index (κ3) is 9.37. The van der Waals surface area contributed by atoms with Crippen molar-refractivity contribution in [2.24, 2.45) is 0 Å². The van der Waals surface area contributed by atoms with Crippen molar-refractivity contribution in [1.82, 2.24) is 0 Å². The molecule has 0 spiro atoms. The fourth-order valence-electron chi connectivity index (χ4n) is 5.51. The lowest BCUT2D eigenvalue weighted by Gasteiger charge is -2.44. The van der Waals surface area contributed by atoms with Crippen LogP contribution in [-0.2, 0) is 37.5 Å². The maximum Gasteiger partial charge on any atom is 0.472 e. The topological polar surface area (TPSA) is 446 Å². The van der Waals surface area contributed by atoms with Gasteiger partial charge in [0.2, 0.25) is 11.6 Å². The van der Waals surface area contributed by atoms with Crippen LogP contribution in [0.1, 0.15) is 0 Å². The van der Waals surface area contributed by atoms with E-state index in [-0.39, 0.29) is 0 Å². The molecule has 4 rings (SSSR count). The molecule has 3 unspecified atom stereocenters. The van der Waals surface area contributed by atoms with Gasteiger partial charge in [-0.05, 0) is 0 Å². The third-order valence-corrected chi connectivity index (χ3v) is 8.92. The molecule has 0 aromatic heterocycles. The monoisotopic (exact) mass is 780 g/mol. The zero-order chi connectivity index (χ0) is 38.8. The summed E-state index contributed by atoms with van der Waals surface area (Å²) >= 11 is 0. The van der Waals surface area contributed by atoms with Crippen molar-refractivity contribution in [2.45, 2.75) is 116 Å². The van der Waals surface area contributed by atoms with Crippen molar-refractivity contribution >= 4 is 7.82 Å². The first-order chi connectivity index (χ1) is 23.7. The van der Waals surface area contributed by atoms with E-state index in [2.05, 4.69) is 4.52 Å². The first-order valence-corrected chi connectivity index (χ1v) is 16.5. The van der Waals surface area contributed by atoms with E-state index < -0.39 is 157 Å². The van der Waals surface area contributed by atoms with Crippen LogP contribution < -0.4 is 0 Å². The van der Waals surface area contributed by atoms with Crippen LogP contribution in [-0.4, -0.2) is 240 Å². The second kappa shape index (κ2) is 17.8. The van der Waals surface area contributed by atoms with Crippen LogP contribution in [0.15, 0.2) is 0 Å². The molecule has 4 aliphatic rings. The number of aliphatic hydroxyl groups is 16. The Labute approximate surface area is 286 Å². The van der Waals surface area contributed by atoms with Crippen molar-refractivity contribution in [2.75, 3.05) is 33.0 Å². The predicted octanol–water partition coefficient (Wildman–Crippen LogP) is -11.4. The summed E-state index contributed by atoms with van der Waals surface area (Å²) in [7, 11) is -5.24. The zero-order valence-corrected chi connectivity index (χ0v) is 27.0. The largest absolute Gasteiger partial charge is 0.472 e. The Morgan fingerprint density at radius 3 is 1.29 bits per heavy atom. The maximum absolute atomic E-state index is 10.8. The summed E-state index contributed by atoms with van der Waals surface area (Å²) in [6.45, 7) is -4.23. The molecule has 51 heavy (non-hydrogen) atoms. The Kier molecular flexibility index (Phi) is 15.6. The molecule has 4 aliphatic heterocycles. The molecule has 0 saturated carbocycles. The van der Waals surface area contributed by atoms with Gasteiger partial charge in [-0.15, -0.1) is 0 Å². The summed E-state index contributed by atoms with van der Waals surface area (Å²) in [6.07, 6.45) is -30.5. The molecule has 302 valence electrons. The van der Waals surface area contributed by atoms with E-state index in [4.69, 9.17) is 53.5 Å². The van der Waals surface area contributed by atoms with Gasteiger partial charge in [-0.1, -0.05) is 0 Å². The molecule has 4 fully saturated rings. The van der Waals surface area contributed by atoms with Crippen molar-refractivity contribution in [3.8, 4) is 0 Å². The van der Waals surface area contributed by atoms with Gasteiger partial charge in [0.1, 0.15) is 98.7 Å². The molecule has 0 aromatic rings. The number of ether oxygens (including phenoxy) is 6. The smallest absolute Gasteiger partial charge is 0.394 e. The molecule has 0 radical (unpaired) electrons. The number of phosphoric ester groups is 1. The van der Waals surface area contributed by atoms with Gasteiger partial charge in [0.15, 0.2) is 18.9 Å². The minimum absolute atomic E-state index is 0.669. The van der Waals surface area contributed by atoms with Crippen LogP contribution in [0.4, 0.5) is 0 Å². The Bertz CT molecular complexity index is 1130. The molecule has 4 heterocycles. The lowest BCUT2D eigenvalue weighted by Crippen LogP contribution is -2.64. The van der Waals surface area contributed by atoms with E-state index in [9.17, 15) is 70.9 Å². The van der Waals surface area contributed by atoms with Gasteiger partial charge in [-0.3, -0.25) is 4.52 Å². The van der Waals surface area contributed by atoms with Gasteiger partial charge in [-0.25, -0.2) is 4.57 Å². The molecule has 0 amide bonds. The quantitative estimate of drug-likeness (QED) is 0.0645. The van der Waals surface area contributed by atoms with Crippen molar-refractivity contribution in [3.63, 3.8) is 0 Å². The first-order valence-electron chi connectivity index (χ1n) is 15.0. The molecule has 0 aromatic carbocycles. The van der Waals surface area contributed by atoms with E-state index >= 15 is 0 Å². The van der Waals surface area contributed by atoms with Crippen LogP contribution in [0.5, 0.6) is 0 Å². The molecular formula is C24H45O26P. The second-order valence-electron chi connectivity index (χ2n) is 11.8. The fraction of sp³-hybridized carbons (Fsp3) is 1.00. The molecule has 27 heteroatoms. The molecule has 0 aliphatic carbocycles. The van der Waals surface area contributed by atoms with Crippen LogP contribution in [0.25, 0.3) is 0 Å². The fourth-order valence-corrected chi connectivity index (χ4v) is 5.91. The lowest BCUT2D eigenvalue weighted by molar-refractivity contribution is -0.393. The predicted molar refractivity (Wildman–Crippen MR) is 149 cm³/mol. The van der Waals surface area contributed by atoms with Gasteiger partial charge >= 0.3 is 7.82 Å². The summed E-state index contributed by atoms with van der Waals surface area (Å²) in [4.78, 5) is 17.5. The highest BCUT2D eigenvalue weighted by Gasteiger charge is 2.60. The highest BCUT2D eigenvalue weighted by atomic mass is 31.2. The molecule has 4 saturated heterocycles. The summed E-state index contributed by atoms with van der Waals surface area (Å²) in [5.74, 6) is -4.67. The normalized spacial score (nSPS) is 48.3. The molecular weight excluding hydrogens is 735 g/mol. The van der Waals surface area contributed by atoms with Gasteiger partial charge in [-0.2, -0.15) is 0 Å². The molecule has 26 nitrogen and oxygen atoms in total. The van der Waals surface area contributed by atoms with Gasteiger partial charge in [0.25, 0.3) is 0 Å². The number of hydrogen-bond donors (Lipinski definition) is 18. The average molecular weight is 781 g/mol. The van der Waals surface area contributed by atoms with Gasteiger partial charge < -0.3 is 120 Å². The van der Waals surface area contributed by atoms with Crippen molar-refractivity contribution < 1.29 is 129 Å². The number of hydrogen-bond acceptors (Lipinski definition) is 24. The number of rotatable bonds is 12. The Hall–Kier alpha value is -0.770. The van der Waals surface area contributed by atoms with Crippen LogP contribution in [0.2, 0.25) is 0 Å². The van der Waals surface area contributed by atoms with Gasteiger partial charge in [0, 0.05) is 0 Å². The standard InChI is InChI=1S/C12H23O15P.C12H22O11/c13-1-3-4(15)9(19)12(2-14,25-3)26-11-7(18)5(16)6(17)8(24-11)10(20)27-28(21,22)23;13-1-4-6(16)8(18)9(19)11(21-4)23-12(3-15)10(20)7(17)5(2-14)22-12/h3-11,13-20H,1-2H2,(H2,21,22,23);4-11,13-20H,1-3H2/t3-,4-,5+,6+,7-,8+,9+,10?,11-,12?;4-,5-,6-,7-,8+,9-,10+,11-,12?/m11/s1. The Balaban J connectivity index is 0.000000281. The molecule has 19 atom stereocenters. The summed E-state index contributed by atoms with van der Waals surface area (Å²) in [6, 6.07) is 0. The Morgan fingerprint density at radius 2 is 0.941 bits per heavy atom. The van der Waals surface area contributed by atoms with Crippen molar-refractivity contribution in [1.29, 1.82) is 0 Å². The minimum atomic E-state index is -5.24. The number of phosphoric acid groups is 1. The first kappa shape index (κ1) is 44.6. The maximum atomic E-state index is 10.8. The van der Waals surface area contributed by atoms with Crippen LogP contribution >= 0.6 is 7.82 Å². The zero-order valence-electron chi connectivity index (χ0n) is 26.1. The lowest BCUT2D eigenvalue weighted by atomic mass is 9.98. The van der Waals surface area contributed by atoms with E-state index in [1.807, 2.05) is 0 Å². The highest BCUT2D eigenvalue weighted by molar-refractivity contribution is 7.46. The van der Waals surface area contributed by atoms with Crippen LogP contribution in [0.3, 0.4) is 0 Å². The average Bonchev–Trinajstić information content (AvgIpc) is 3.48. The van der Waals surface area contributed by atoms with Gasteiger partial charge in [0.05, 0.1) is 19.8 Å². The molecule has 18 N–H and O–H groups in total. The number of aliphatic hydroxyl groups excluding tert-OH is 16. The summed E-state index contributed by atoms with van der Waals surface area (Å²) in [5.41, 5.74) is 0. The minimum Gasteiger partial charge on any atom is -0.394 e.